The number of aryl methyl sites for hydroxylation is 1. The predicted octanol–water partition coefficient (Wildman–Crippen LogP) is 2.44. The van der Waals surface area contributed by atoms with Gasteiger partial charge in [0.15, 0.2) is 9.84 Å². The van der Waals surface area contributed by atoms with E-state index in [-0.39, 0.29) is 17.0 Å². The largest absolute Gasteiger partial charge is 0.313 e. The van der Waals surface area contributed by atoms with Crippen molar-refractivity contribution in [3.05, 3.63) is 35.4 Å². The Bertz CT molecular complexity index is 525. The summed E-state index contributed by atoms with van der Waals surface area (Å²) in [7, 11) is -3.06. The van der Waals surface area contributed by atoms with Gasteiger partial charge < -0.3 is 5.32 Å². The maximum atomic E-state index is 12.6. The van der Waals surface area contributed by atoms with Crippen LogP contribution in [0.4, 0.5) is 0 Å². The van der Waals surface area contributed by atoms with E-state index >= 15 is 0 Å². The third-order valence-electron chi connectivity index (χ3n) is 3.83. The molecule has 2 unspecified atom stereocenters. The molecule has 4 heteroatoms. The molecule has 1 aliphatic rings. The predicted molar refractivity (Wildman–Crippen MR) is 78.9 cm³/mol. The van der Waals surface area contributed by atoms with Gasteiger partial charge in [-0.2, -0.15) is 0 Å². The second kappa shape index (κ2) is 6.06. The molecule has 1 fully saturated rings. The first-order valence-electron chi connectivity index (χ1n) is 7.03. The van der Waals surface area contributed by atoms with E-state index in [1.54, 1.807) is 0 Å². The van der Waals surface area contributed by atoms with Gasteiger partial charge in [-0.25, -0.2) is 8.42 Å². The van der Waals surface area contributed by atoms with Crippen LogP contribution in [0.1, 0.15) is 37.3 Å². The second-order valence-corrected chi connectivity index (χ2v) is 7.65. The van der Waals surface area contributed by atoms with E-state index in [2.05, 4.69) is 5.32 Å². The summed E-state index contributed by atoms with van der Waals surface area (Å²) in [6.07, 6.45) is 2.78. The monoisotopic (exact) mass is 281 g/mol. The first kappa shape index (κ1) is 14.5. The van der Waals surface area contributed by atoms with E-state index in [9.17, 15) is 8.42 Å². The molecule has 0 radical (unpaired) electrons. The van der Waals surface area contributed by atoms with E-state index in [1.807, 2.05) is 38.1 Å². The summed E-state index contributed by atoms with van der Waals surface area (Å²) >= 11 is 0. The van der Waals surface area contributed by atoms with Crippen molar-refractivity contribution >= 4 is 9.84 Å². The number of sulfone groups is 1. The number of hydrogen-bond donors (Lipinski definition) is 1. The summed E-state index contributed by atoms with van der Waals surface area (Å²) < 4.78 is 25.1. The summed E-state index contributed by atoms with van der Waals surface area (Å²) in [5, 5.41) is 3.10. The number of hydrogen-bond acceptors (Lipinski definition) is 3. The minimum Gasteiger partial charge on any atom is -0.313 e. The molecule has 0 saturated heterocycles. The zero-order valence-electron chi connectivity index (χ0n) is 11.7. The zero-order valence-corrected chi connectivity index (χ0v) is 12.5. The molecule has 0 spiro atoms. The van der Waals surface area contributed by atoms with Crippen LogP contribution in [-0.4, -0.2) is 26.3 Å². The molecular weight excluding hydrogens is 258 g/mol. The first-order valence-corrected chi connectivity index (χ1v) is 8.75. The Kier molecular flexibility index (Phi) is 4.63. The van der Waals surface area contributed by atoms with Crippen LogP contribution >= 0.6 is 0 Å². The molecule has 2 atom stereocenters. The van der Waals surface area contributed by atoms with Crippen molar-refractivity contribution in [3.63, 3.8) is 0 Å². The fourth-order valence-electron chi connectivity index (χ4n) is 2.99. The molecule has 0 amide bonds. The topological polar surface area (TPSA) is 46.2 Å². The molecule has 1 saturated carbocycles. The van der Waals surface area contributed by atoms with Gasteiger partial charge in [0.2, 0.25) is 0 Å². The summed E-state index contributed by atoms with van der Waals surface area (Å²) in [5.74, 6) is 0.168. The average molecular weight is 281 g/mol. The van der Waals surface area contributed by atoms with Crippen molar-refractivity contribution in [2.75, 3.05) is 6.54 Å². The highest BCUT2D eigenvalue weighted by atomic mass is 32.2. The standard InChI is InChI=1S/C15H23NO2S/c1-3-16-14-8-5-9-15(14)19(17,18)11-13-7-4-6-12(2)10-13/h4,6-7,10,14-16H,3,5,8-9,11H2,1-2H3. The van der Waals surface area contributed by atoms with Crippen molar-refractivity contribution in [2.24, 2.45) is 0 Å². The summed E-state index contributed by atoms with van der Waals surface area (Å²) in [6.45, 7) is 4.86. The summed E-state index contributed by atoms with van der Waals surface area (Å²) in [4.78, 5) is 0. The van der Waals surface area contributed by atoms with Crippen molar-refractivity contribution in [1.82, 2.24) is 5.32 Å². The molecule has 1 aromatic rings. The van der Waals surface area contributed by atoms with Gasteiger partial charge in [0.25, 0.3) is 0 Å². The molecule has 19 heavy (non-hydrogen) atoms. The van der Waals surface area contributed by atoms with Gasteiger partial charge in [0, 0.05) is 6.04 Å². The van der Waals surface area contributed by atoms with Gasteiger partial charge in [-0.3, -0.25) is 0 Å². The maximum Gasteiger partial charge on any atom is 0.158 e. The van der Waals surface area contributed by atoms with E-state index in [0.717, 1.165) is 36.9 Å². The molecule has 0 bridgehead atoms. The van der Waals surface area contributed by atoms with Crippen molar-refractivity contribution < 1.29 is 8.42 Å². The number of benzene rings is 1. The highest BCUT2D eigenvalue weighted by molar-refractivity contribution is 7.91. The quantitative estimate of drug-likeness (QED) is 0.901. The lowest BCUT2D eigenvalue weighted by Crippen LogP contribution is -2.40. The first-order chi connectivity index (χ1) is 9.03. The minimum absolute atomic E-state index is 0.139. The second-order valence-electron chi connectivity index (χ2n) is 5.43. The van der Waals surface area contributed by atoms with E-state index in [1.165, 1.54) is 0 Å². The smallest absolute Gasteiger partial charge is 0.158 e. The lowest BCUT2D eigenvalue weighted by Gasteiger charge is -2.20. The van der Waals surface area contributed by atoms with Gasteiger partial charge in [-0.15, -0.1) is 0 Å². The Hall–Kier alpha value is -0.870. The highest BCUT2D eigenvalue weighted by Gasteiger charge is 2.36. The van der Waals surface area contributed by atoms with Crippen LogP contribution in [0.25, 0.3) is 0 Å². The van der Waals surface area contributed by atoms with Crippen LogP contribution < -0.4 is 5.32 Å². The number of rotatable bonds is 5. The zero-order chi connectivity index (χ0) is 13.9. The Morgan fingerprint density at radius 1 is 1.32 bits per heavy atom. The molecular formula is C15H23NO2S. The van der Waals surface area contributed by atoms with Crippen molar-refractivity contribution in [2.45, 2.75) is 50.2 Å². The van der Waals surface area contributed by atoms with Crippen LogP contribution in [0.15, 0.2) is 24.3 Å². The third-order valence-corrected chi connectivity index (χ3v) is 6.05. The van der Waals surface area contributed by atoms with Crippen LogP contribution in [0.5, 0.6) is 0 Å². The lowest BCUT2D eigenvalue weighted by molar-refractivity contribution is 0.517. The highest BCUT2D eigenvalue weighted by Crippen LogP contribution is 2.28. The lowest BCUT2D eigenvalue weighted by atomic mass is 10.2. The average Bonchev–Trinajstić information content (AvgIpc) is 2.78. The van der Waals surface area contributed by atoms with Gasteiger partial charge >= 0.3 is 0 Å². The van der Waals surface area contributed by atoms with E-state index < -0.39 is 9.84 Å². The molecule has 3 nitrogen and oxygen atoms in total. The van der Waals surface area contributed by atoms with Gasteiger partial charge in [-0.1, -0.05) is 43.2 Å². The Labute approximate surface area is 116 Å². The van der Waals surface area contributed by atoms with Crippen molar-refractivity contribution in [3.8, 4) is 0 Å². The molecule has 0 aliphatic heterocycles. The fraction of sp³-hybridized carbons (Fsp3) is 0.600. The third kappa shape index (κ3) is 3.57. The van der Waals surface area contributed by atoms with Crippen LogP contribution in [0, 0.1) is 6.92 Å². The van der Waals surface area contributed by atoms with Crippen LogP contribution in [-0.2, 0) is 15.6 Å². The maximum absolute atomic E-state index is 12.6. The number of nitrogens with one attached hydrogen (secondary N) is 1. The normalized spacial score (nSPS) is 23.7. The summed E-state index contributed by atoms with van der Waals surface area (Å²) in [5.41, 5.74) is 2.02. The van der Waals surface area contributed by atoms with Gasteiger partial charge in [0.1, 0.15) is 0 Å². The molecule has 1 N–H and O–H groups in total. The van der Waals surface area contributed by atoms with Gasteiger partial charge in [0.05, 0.1) is 11.0 Å². The molecule has 1 aromatic carbocycles. The molecule has 106 valence electrons. The van der Waals surface area contributed by atoms with E-state index in [4.69, 9.17) is 0 Å². The molecule has 2 rings (SSSR count). The van der Waals surface area contributed by atoms with Crippen LogP contribution in [0.2, 0.25) is 0 Å². The fourth-order valence-corrected chi connectivity index (χ4v) is 5.11. The van der Waals surface area contributed by atoms with Gasteiger partial charge in [-0.05, 0) is 31.9 Å². The molecule has 1 aliphatic carbocycles. The molecule has 0 heterocycles. The van der Waals surface area contributed by atoms with Crippen LogP contribution in [0.3, 0.4) is 0 Å². The Morgan fingerprint density at radius 2 is 2.11 bits per heavy atom. The van der Waals surface area contributed by atoms with E-state index in [0.29, 0.717) is 0 Å². The Balaban J connectivity index is 2.14. The summed E-state index contributed by atoms with van der Waals surface area (Å²) in [6, 6.07) is 7.93. The Morgan fingerprint density at radius 3 is 2.79 bits per heavy atom. The SMILES string of the molecule is CCNC1CCCC1S(=O)(=O)Cc1cccc(C)c1. The molecule has 0 aromatic heterocycles. The van der Waals surface area contributed by atoms with Crippen molar-refractivity contribution in [1.29, 1.82) is 0 Å². The minimum atomic E-state index is -3.06.